The SMILES string of the molecule is CCOc1cc(CNC(=NC)NCC(C)Oc2cccc(OC)c2)ccn1.I. The van der Waals surface area contributed by atoms with Gasteiger partial charge < -0.3 is 24.8 Å². The number of aromatic nitrogens is 1. The molecule has 0 aliphatic rings. The van der Waals surface area contributed by atoms with Crippen LogP contribution in [0.25, 0.3) is 0 Å². The van der Waals surface area contributed by atoms with Gasteiger partial charge in [0.05, 0.1) is 20.3 Å². The van der Waals surface area contributed by atoms with Crippen molar-refractivity contribution in [1.82, 2.24) is 15.6 Å². The average Bonchev–Trinajstić information content (AvgIpc) is 2.69. The number of guanidine groups is 1. The second kappa shape index (κ2) is 13.0. The lowest BCUT2D eigenvalue weighted by atomic mass is 10.2. The van der Waals surface area contributed by atoms with Crippen LogP contribution in [0.2, 0.25) is 0 Å². The van der Waals surface area contributed by atoms with Gasteiger partial charge in [0, 0.05) is 31.9 Å². The van der Waals surface area contributed by atoms with Gasteiger partial charge in [-0.25, -0.2) is 4.98 Å². The first-order valence-corrected chi connectivity index (χ1v) is 8.97. The number of benzene rings is 1. The number of halogens is 1. The lowest BCUT2D eigenvalue weighted by Crippen LogP contribution is -2.41. The summed E-state index contributed by atoms with van der Waals surface area (Å²) in [6.07, 6.45) is 1.70. The van der Waals surface area contributed by atoms with E-state index in [9.17, 15) is 0 Å². The molecule has 1 heterocycles. The molecule has 0 saturated heterocycles. The van der Waals surface area contributed by atoms with E-state index in [-0.39, 0.29) is 30.1 Å². The topological polar surface area (TPSA) is 77.0 Å². The van der Waals surface area contributed by atoms with Crippen LogP contribution in [-0.4, -0.2) is 44.4 Å². The molecule has 0 saturated carbocycles. The molecule has 2 rings (SSSR count). The molecule has 0 amide bonds. The number of ether oxygens (including phenoxy) is 3. The Labute approximate surface area is 183 Å². The zero-order valence-corrected chi connectivity index (χ0v) is 19.1. The minimum Gasteiger partial charge on any atom is -0.497 e. The predicted octanol–water partition coefficient (Wildman–Crippen LogP) is 3.24. The molecule has 2 aromatic rings. The van der Waals surface area contributed by atoms with Crippen LogP contribution < -0.4 is 24.8 Å². The Morgan fingerprint density at radius 2 is 1.96 bits per heavy atom. The Kier molecular flexibility index (Phi) is 11.1. The monoisotopic (exact) mass is 500 g/mol. The Morgan fingerprint density at radius 1 is 1.18 bits per heavy atom. The van der Waals surface area contributed by atoms with Crippen molar-refractivity contribution >= 4 is 29.9 Å². The van der Waals surface area contributed by atoms with Crippen LogP contribution in [0.5, 0.6) is 17.4 Å². The number of nitrogens with one attached hydrogen (secondary N) is 2. The zero-order chi connectivity index (χ0) is 19.5. The number of rotatable bonds is 9. The van der Waals surface area contributed by atoms with Gasteiger partial charge >= 0.3 is 0 Å². The summed E-state index contributed by atoms with van der Waals surface area (Å²) in [5.74, 6) is 2.87. The third kappa shape index (κ3) is 8.20. The molecule has 0 spiro atoms. The smallest absolute Gasteiger partial charge is 0.213 e. The van der Waals surface area contributed by atoms with Gasteiger partial charge in [0.1, 0.15) is 17.6 Å². The van der Waals surface area contributed by atoms with Crippen LogP contribution in [0, 0.1) is 0 Å². The molecule has 154 valence electrons. The number of hydrogen-bond acceptors (Lipinski definition) is 5. The fraction of sp³-hybridized carbons (Fsp3) is 0.400. The van der Waals surface area contributed by atoms with Crippen LogP contribution in [0.4, 0.5) is 0 Å². The zero-order valence-electron chi connectivity index (χ0n) is 16.8. The Balaban J connectivity index is 0.00000392. The highest BCUT2D eigenvalue weighted by molar-refractivity contribution is 14.0. The molecule has 0 radical (unpaired) electrons. The first kappa shape index (κ1) is 23.8. The normalized spacial score (nSPS) is 11.8. The van der Waals surface area contributed by atoms with E-state index in [1.54, 1.807) is 20.4 Å². The van der Waals surface area contributed by atoms with Crippen molar-refractivity contribution in [1.29, 1.82) is 0 Å². The number of aliphatic imine (C=N–C) groups is 1. The van der Waals surface area contributed by atoms with Gasteiger partial charge in [0.15, 0.2) is 5.96 Å². The standard InChI is InChI=1S/C20H28N4O3.HI/c1-5-26-19-11-16(9-10-22-19)14-24-20(21-3)23-13-15(2)27-18-8-6-7-17(12-18)25-4;/h6-12,15H,5,13-14H2,1-4H3,(H2,21,23,24);1H. The first-order chi connectivity index (χ1) is 13.1. The number of nitrogens with zero attached hydrogens (tertiary/aromatic N) is 2. The van der Waals surface area contributed by atoms with E-state index in [0.29, 0.717) is 31.5 Å². The lowest BCUT2D eigenvalue weighted by Gasteiger charge is -2.18. The summed E-state index contributed by atoms with van der Waals surface area (Å²) in [6, 6.07) is 11.4. The van der Waals surface area contributed by atoms with Crippen LogP contribution in [0.1, 0.15) is 19.4 Å². The van der Waals surface area contributed by atoms with Crippen LogP contribution in [0.3, 0.4) is 0 Å². The highest BCUT2D eigenvalue weighted by Crippen LogP contribution is 2.19. The number of pyridine rings is 1. The van der Waals surface area contributed by atoms with E-state index < -0.39 is 0 Å². The lowest BCUT2D eigenvalue weighted by molar-refractivity contribution is 0.223. The van der Waals surface area contributed by atoms with Crippen molar-refractivity contribution in [3.63, 3.8) is 0 Å². The summed E-state index contributed by atoms with van der Waals surface area (Å²) < 4.78 is 16.5. The average molecular weight is 500 g/mol. The molecule has 8 heteroatoms. The Bertz CT molecular complexity index is 743. The third-order valence-electron chi connectivity index (χ3n) is 3.71. The Hall–Kier alpha value is -2.23. The summed E-state index contributed by atoms with van der Waals surface area (Å²) in [6.45, 7) is 5.76. The molecule has 0 aliphatic carbocycles. The van der Waals surface area contributed by atoms with Gasteiger partial charge in [-0.1, -0.05) is 6.07 Å². The summed E-state index contributed by atoms with van der Waals surface area (Å²) >= 11 is 0. The van der Waals surface area contributed by atoms with E-state index >= 15 is 0 Å². The second-order valence-corrected chi connectivity index (χ2v) is 5.85. The molecule has 0 bridgehead atoms. The number of methoxy groups -OCH3 is 1. The predicted molar refractivity (Wildman–Crippen MR) is 122 cm³/mol. The van der Waals surface area contributed by atoms with Crippen molar-refractivity contribution in [3.8, 4) is 17.4 Å². The van der Waals surface area contributed by atoms with Gasteiger partial charge in [-0.2, -0.15) is 0 Å². The van der Waals surface area contributed by atoms with E-state index in [1.165, 1.54) is 0 Å². The van der Waals surface area contributed by atoms with Crippen molar-refractivity contribution in [3.05, 3.63) is 48.2 Å². The van der Waals surface area contributed by atoms with Crippen molar-refractivity contribution in [2.75, 3.05) is 27.3 Å². The summed E-state index contributed by atoms with van der Waals surface area (Å²) in [5.41, 5.74) is 1.07. The van der Waals surface area contributed by atoms with Crippen molar-refractivity contribution in [2.45, 2.75) is 26.5 Å². The fourth-order valence-corrected chi connectivity index (χ4v) is 2.38. The first-order valence-electron chi connectivity index (χ1n) is 8.97. The molecule has 28 heavy (non-hydrogen) atoms. The minimum atomic E-state index is -0.0406. The molecule has 1 aromatic heterocycles. The van der Waals surface area contributed by atoms with E-state index in [1.807, 2.05) is 50.2 Å². The van der Waals surface area contributed by atoms with Gasteiger partial charge in [-0.05, 0) is 37.6 Å². The second-order valence-electron chi connectivity index (χ2n) is 5.85. The summed E-state index contributed by atoms with van der Waals surface area (Å²) in [7, 11) is 3.38. The van der Waals surface area contributed by atoms with Crippen molar-refractivity contribution in [2.24, 2.45) is 4.99 Å². The van der Waals surface area contributed by atoms with Crippen LogP contribution in [0.15, 0.2) is 47.6 Å². The largest absolute Gasteiger partial charge is 0.497 e. The van der Waals surface area contributed by atoms with Crippen LogP contribution in [-0.2, 0) is 6.54 Å². The molecule has 0 aliphatic heterocycles. The maximum Gasteiger partial charge on any atom is 0.213 e. The van der Waals surface area contributed by atoms with E-state index in [4.69, 9.17) is 14.2 Å². The van der Waals surface area contributed by atoms with Gasteiger partial charge in [0.25, 0.3) is 0 Å². The molecule has 1 aromatic carbocycles. The quantitative estimate of drug-likeness (QED) is 0.313. The van der Waals surface area contributed by atoms with E-state index in [0.717, 1.165) is 17.1 Å². The molecule has 1 unspecified atom stereocenters. The van der Waals surface area contributed by atoms with Crippen molar-refractivity contribution < 1.29 is 14.2 Å². The molecule has 2 N–H and O–H groups in total. The molecule has 1 atom stereocenters. The Morgan fingerprint density at radius 3 is 2.68 bits per heavy atom. The number of hydrogen-bond donors (Lipinski definition) is 2. The maximum absolute atomic E-state index is 5.91. The van der Waals surface area contributed by atoms with Gasteiger partial charge in [-0.15, -0.1) is 24.0 Å². The third-order valence-corrected chi connectivity index (χ3v) is 3.71. The molecule has 0 fully saturated rings. The van der Waals surface area contributed by atoms with E-state index in [2.05, 4.69) is 20.6 Å². The molecular formula is C20H29IN4O3. The minimum absolute atomic E-state index is 0. The molecule has 7 nitrogen and oxygen atoms in total. The highest BCUT2D eigenvalue weighted by Gasteiger charge is 2.07. The summed E-state index contributed by atoms with van der Waals surface area (Å²) in [5, 5.41) is 6.54. The molecular weight excluding hydrogens is 471 g/mol. The highest BCUT2D eigenvalue weighted by atomic mass is 127. The van der Waals surface area contributed by atoms with Crippen LogP contribution >= 0.6 is 24.0 Å². The summed E-state index contributed by atoms with van der Waals surface area (Å²) in [4.78, 5) is 8.41. The maximum atomic E-state index is 5.91. The van der Waals surface area contributed by atoms with Gasteiger partial charge in [0.2, 0.25) is 5.88 Å². The fourth-order valence-electron chi connectivity index (χ4n) is 2.38. The van der Waals surface area contributed by atoms with Gasteiger partial charge in [-0.3, -0.25) is 4.99 Å².